The van der Waals surface area contributed by atoms with Crippen molar-refractivity contribution in [1.29, 1.82) is 0 Å². The number of fused-ring (bicyclic) bond motifs is 1. The van der Waals surface area contributed by atoms with E-state index < -0.39 is 0 Å². The molecule has 4 unspecified atom stereocenters. The van der Waals surface area contributed by atoms with Crippen molar-refractivity contribution in [3.05, 3.63) is 94.7 Å². The van der Waals surface area contributed by atoms with Gasteiger partial charge >= 0.3 is 0 Å². The molecule has 2 aliphatic carbocycles. The molecule has 1 fully saturated rings. The van der Waals surface area contributed by atoms with Gasteiger partial charge in [0.15, 0.2) is 0 Å². The SMILES string of the molecule is CC1C=NC(CC2CCCC(c3cccc(CC(=O)Cc4ccccc4)c3)C2)=C2C=CCC2C1. The number of hydrogen-bond donors (Lipinski definition) is 0. The predicted molar refractivity (Wildman–Crippen MR) is 141 cm³/mol. The average Bonchev–Trinajstić information content (AvgIpc) is 3.25. The van der Waals surface area contributed by atoms with Crippen molar-refractivity contribution in [3.8, 4) is 0 Å². The highest BCUT2D eigenvalue weighted by Gasteiger charge is 2.28. The lowest BCUT2D eigenvalue weighted by atomic mass is 9.75. The van der Waals surface area contributed by atoms with Gasteiger partial charge in [0.2, 0.25) is 0 Å². The molecule has 2 nitrogen and oxygen atoms in total. The molecule has 0 N–H and O–H groups in total. The minimum absolute atomic E-state index is 0.290. The molecule has 3 aliphatic rings. The average molecular weight is 452 g/mol. The molecule has 0 spiro atoms. The molecule has 5 rings (SSSR count). The molecule has 0 bridgehead atoms. The summed E-state index contributed by atoms with van der Waals surface area (Å²) in [6, 6.07) is 18.9. The second kappa shape index (κ2) is 10.7. The lowest BCUT2D eigenvalue weighted by Gasteiger charge is -2.30. The van der Waals surface area contributed by atoms with Crippen LogP contribution in [0.4, 0.5) is 0 Å². The molecular formula is C32H37NO. The molecule has 0 radical (unpaired) electrons. The fourth-order valence-electron chi connectivity index (χ4n) is 6.27. The Bertz CT molecular complexity index is 1090. The smallest absolute Gasteiger partial charge is 0.141 e. The summed E-state index contributed by atoms with van der Waals surface area (Å²) < 4.78 is 0. The summed E-state index contributed by atoms with van der Waals surface area (Å²) in [5, 5.41) is 0. The van der Waals surface area contributed by atoms with E-state index in [1.165, 1.54) is 55.4 Å². The minimum Gasteiger partial charge on any atom is -0.299 e. The van der Waals surface area contributed by atoms with Crippen LogP contribution in [0.25, 0.3) is 0 Å². The maximum absolute atomic E-state index is 12.7. The van der Waals surface area contributed by atoms with E-state index in [2.05, 4.69) is 49.6 Å². The molecule has 0 amide bonds. The Morgan fingerprint density at radius 2 is 1.76 bits per heavy atom. The third-order valence-corrected chi connectivity index (χ3v) is 7.96. The standard InChI is InChI=1S/C32H37NO/c1-23-16-29-14-7-15-31(29)32(33-22-23)21-26-11-6-13-28(18-26)27-12-5-10-25(17-27)20-30(34)19-24-8-3-2-4-9-24/h2-5,7-10,12,15,17,22-23,26,28-29H,6,11,13-14,16,18-21H2,1H3. The third-order valence-electron chi connectivity index (χ3n) is 7.96. The number of benzene rings is 2. The number of aliphatic imine (C=N–C) groups is 1. The molecule has 2 heteroatoms. The zero-order valence-electron chi connectivity index (χ0n) is 20.5. The van der Waals surface area contributed by atoms with Crippen molar-refractivity contribution >= 4 is 12.0 Å². The molecule has 0 saturated heterocycles. The Labute approximate surface area is 204 Å². The van der Waals surface area contributed by atoms with Crippen LogP contribution in [-0.4, -0.2) is 12.0 Å². The van der Waals surface area contributed by atoms with Gasteiger partial charge in [0, 0.05) is 24.8 Å². The van der Waals surface area contributed by atoms with Gasteiger partial charge in [-0.3, -0.25) is 9.79 Å². The number of rotatable bonds is 7. The normalized spacial score (nSPS) is 26.4. The highest BCUT2D eigenvalue weighted by atomic mass is 16.1. The van der Waals surface area contributed by atoms with E-state index in [9.17, 15) is 4.79 Å². The number of carbonyl (C=O) groups is 1. The van der Waals surface area contributed by atoms with Crippen LogP contribution >= 0.6 is 0 Å². The fraction of sp³-hybridized carbons (Fsp3) is 0.438. The van der Waals surface area contributed by atoms with Crippen LogP contribution in [-0.2, 0) is 17.6 Å². The predicted octanol–water partition coefficient (Wildman–Crippen LogP) is 7.65. The van der Waals surface area contributed by atoms with Gasteiger partial charge in [0.25, 0.3) is 0 Å². The molecular weight excluding hydrogens is 414 g/mol. The first kappa shape index (κ1) is 23.0. The first-order valence-corrected chi connectivity index (χ1v) is 13.2. The summed E-state index contributed by atoms with van der Waals surface area (Å²) in [6.45, 7) is 2.30. The van der Waals surface area contributed by atoms with Gasteiger partial charge in [0.05, 0.1) is 0 Å². The maximum Gasteiger partial charge on any atom is 0.141 e. The molecule has 2 aromatic carbocycles. The van der Waals surface area contributed by atoms with E-state index in [0.717, 1.165) is 17.5 Å². The zero-order chi connectivity index (χ0) is 23.3. The van der Waals surface area contributed by atoms with Crippen LogP contribution < -0.4 is 0 Å². The summed E-state index contributed by atoms with van der Waals surface area (Å²) in [5.74, 6) is 2.83. The number of allylic oxidation sites excluding steroid dienone is 4. The van der Waals surface area contributed by atoms with Crippen molar-refractivity contribution in [2.45, 2.75) is 70.6 Å². The molecule has 1 heterocycles. The van der Waals surface area contributed by atoms with Crippen molar-refractivity contribution in [2.24, 2.45) is 22.7 Å². The Kier molecular flexibility index (Phi) is 7.23. The summed E-state index contributed by atoms with van der Waals surface area (Å²) in [4.78, 5) is 17.6. The molecule has 0 aromatic heterocycles. The molecule has 176 valence electrons. The maximum atomic E-state index is 12.7. The van der Waals surface area contributed by atoms with Crippen molar-refractivity contribution in [2.75, 3.05) is 0 Å². The van der Waals surface area contributed by atoms with E-state index in [1.54, 1.807) is 0 Å². The van der Waals surface area contributed by atoms with Crippen LogP contribution in [0.15, 0.2) is 83.0 Å². The number of ketones is 1. The highest BCUT2D eigenvalue weighted by Crippen LogP contribution is 2.42. The van der Waals surface area contributed by atoms with Crippen LogP contribution in [0.3, 0.4) is 0 Å². The topological polar surface area (TPSA) is 29.4 Å². The van der Waals surface area contributed by atoms with Crippen LogP contribution in [0.2, 0.25) is 0 Å². The minimum atomic E-state index is 0.290. The molecule has 2 aromatic rings. The Morgan fingerprint density at radius 3 is 2.65 bits per heavy atom. The van der Waals surface area contributed by atoms with Gasteiger partial charge in [-0.2, -0.15) is 0 Å². The molecule has 4 atom stereocenters. The van der Waals surface area contributed by atoms with Crippen molar-refractivity contribution in [1.82, 2.24) is 0 Å². The second-order valence-electron chi connectivity index (χ2n) is 10.8. The van der Waals surface area contributed by atoms with E-state index in [1.807, 2.05) is 30.3 Å². The second-order valence-corrected chi connectivity index (χ2v) is 10.8. The Morgan fingerprint density at radius 1 is 0.941 bits per heavy atom. The Balaban J connectivity index is 1.24. The van der Waals surface area contributed by atoms with Crippen LogP contribution in [0, 0.1) is 17.8 Å². The third kappa shape index (κ3) is 5.66. The van der Waals surface area contributed by atoms with E-state index >= 15 is 0 Å². The van der Waals surface area contributed by atoms with E-state index in [0.29, 0.717) is 36.5 Å². The van der Waals surface area contributed by atoms with Crippen LogP contribution in [0.1, 0.15) is 74.5 Å². The monoisotopic (exact) mass is 451 g/mol. The molecule has 1 saturated carbocycles. The van der Waals surface area contributed by atoms with Gasteiger partial charge in [-0.25, -0.2) is 0 Å². The van der Waals surface area contributed by atoms with Crippen LogP contribution in [0.5, 0.6) is 0 Å². The van der Waals surface area contributed by atoms with Gasteiger partial charge in [-0.15, -0.1) is 0 Å². The number of Topliss-reactive ketones (excluding diaryl/α,β-unsaturated/α-hetero) is 1. The highest BCUT2D eigenvalue weighted by molar-refractivity contribution is 5.83. The van der Waals surface area contributed by atoms with Crippen molar-refractivity contribution in [3.63, 3.8) is 0 Å². The first-order valence-electron chi connectivity index (χ1n) is 13.2. The van der Waals surface area contributed by atoms with Gasteiger partial charge < -0.3 is 0 Å². The summed E-state index contributed by atoms with van der Waals surface area (Å²) in [5.41, 5.74) is 6.55. The largest absolute Gasteiger partial charge is 0.299 e. The quantitative estimate of drug-likeness (QED) is 0.425. The molecule has 34 heavy (non-hydrogen) atoms. The van der Waals surface area contributed by atoms with Gasteiger partial charge in [-0.05, 0) is 78.0 Å². The Hall–Kier alpha value is -2.74. The lowest BCUT2D eigenvalue weighted by molar-refractivity contribution is -0.117. The fourth-order valence-corrected chi connectivity index (χ4v) is 6.27. The number of carbonyl (C=O) groups excluding carboxylic acids is 1. The van der Waals surface area contributed by atoms with E-state index in [4.69, 9.17) is 4.99 Å². The summed E-state index contributed by atoms with van der Waals surface area (Å²) in [6.07, 6.45) is 16.6. The number of hydrogen-bond acceptors (Lipinski definition) is 2. The van der Waals surface area contributed by atoms with Gasteiger partial charge in [0.1, 0.15) is 5.78 Å². The first-order chi connectivity index (χ1) is 16.6. The molecule has 1 aliphatic heterocycles. The summed E-state index contributed by atoms with van der Waals surface area (Å²) >= 11 is 0. The summed E-state index contributed by atoms with van der Waals surface area (Å²) in [7, 11) is 0. The van der Waals surface area contributed by atoms with Crippen molar-refractivity contribution < 1.29 is 4.79 Å². The zero-order valence-corrected chi connectivity index (χ0v) is 20.5. The van der Waals surface area contributed by atoms with Gasteiger partial charge in [-0.1, -0.05) is 86.5 Å². The lowest BCUT2D eigenvalue weighted by Crippen LogP contribution is -2.16. The van der Waals surface area contributed by atoms with E-state index in [-0.39, 0.29) is 5.78 Å². The number of nitrogens with zero attached hydrogens (tertiary/aromatic N) is 1.